The van der Waals surface area contributed by atoms with Crippen LogP contribution in [0.25, 0.3) is 0 Å². The van der Waals surface area contributed by atoms with Crippen LogP contribution in [0.4, 0.5) is 0 Å². The number of rotatable bonds is 20. The number of aliphatic hydroxyl groups is 8. The van der Waals surface area contributed by atoms with E-state index in [2.05, 4.69) is 39.6 Å². The van der Waals surface area contributed by atoms with Gasteiger partial charge in [-0.2, -0.15) is 0 Å². The minimum Gasteiger partial charge on any atom is -0.872 e. The number of hydrogen-bond donors (Lipinski definition) is 8. The van der Waals surface area contributed by atoms with Crippen molar-refractivity contribution >= 4 is 36.8 Å². The number of para-hydroxylation sites is 6. The first kappa shape index (κ1) is 124. The zero-order chi connectivity index (χ0) is 76.9. The van der Waals surface area contributed by atoms with E-state index in [1.807, 2.05) is 48.5 Å². The van der Waals surface area contributed by atoms with Crippen LogP contribution in [0.15, 0.2) is 190 Å². The third-order valence-corrected chi connectivity index (χ3v) is 13.1. The summed E-state index contributed by atoms with van der Waals surface area (Å²) in [6.45, 7) is 19.6. The van der Waals surface area contributed by atoms with Crippen molar-refractivity contribution in [2.45, 2.75) is 53.9 Å². The van der Waals surface area contributed by atoms with Gasteiger partial charge >= 0.3 is 77.9 Å². The number of benzene rings is 7. The summed E-state index contributed by atoms with van der Waals surface area (Å²) >= 11 is 0. The van der Waals surface area contributed by atoms with Gasteiger partial charge in [-0.25, -0.2) is 0 Å². The molecule has 0 unspecified atom stereocenters. The van der Waals surface area contributed by atoms with Crippen LogP contribution in [0.1, 0.15) is 108 Å². The number of hydrogen-bond acceptors (Lipinski definition) is 26. The van der Waals surface area contributed by atoms with Crippen LogP contribution >= 0.6 is 0 Å². The molecule has 0 aliphatic carbocycles. The van der Waals surface area contributed by atoms with Gasteiger partial charge in [-0.15, -0.1) is 34.5 Å². The molecule has 0 amide bonds. The minimum absolute atomic E-state index is 0. The molecule has 2 aliphatic heterocycles. The Kier molecular flexibility index (Phi) is 91.4. The van der Waals surface area contributed by atoms with Gasteiger partial charge in [0.2, 0.25) is 0 Å². The van der Waals surface area contributed by atoms with Crippen LogP contribution in [-0.4, -0.2) is 252 Å². The fourth-order valence-electron chi connectivity index (χ4n) is 9.06. The van der Waals surface area contributed by atoms with Crippen LogP contribution in [-0.2, 0) is 77.9 Å². The van der Waals surface area contributed by atoms with E-state index in [0.717, 1.165) is 75.8 Å². The van der Waals surface area contributed by atoms with Crippen molar-refractivity contribution in [3.8, 4) is 34.5 Å². The molecule has 2 fully saturated rings. The molecule has 0 bridgehead atoms. The Morgan fingerprint density at radius 2 is 0.491 bits per heavy atom. The molecule has 0 radical (unpaired) electrons. The molecule has 7 aromatic carbocycles. The fraction of sp³-hybridized carbons (Fsp3) is 0.368. The standard InChI is InChI=1S/2C27H30N4O3.C8H6O4.6C2H6O.2CH4O.4H2O.4Zn/c2*32-24-10-4-1-7-21(24)19-28-13-15-30-17-18-31(27(30)23-9-3-6-12-26(23)34)16-14-29-20-22-8-2-5-11-25(22)33;9-7(10)5-1-2-6(4-3-5)8(11)12;6*1-2-3;2*1-2;;;;;;;;/h2*1-12,19-20,27,32-34H,13-18H2;1-4H,(H,9,10)(H,11,12);6*3H,2H2,1H3;2*2H,1H3;4*1H2;;;;/q;;;;;;;;;;;;;;;4*+2/p-8. The Labute approximate surface area is 697 Å². The predicted octanol–water partition coefficient (Wildman–Crippen LogP) is -2.16. The zero-order valence-corrected chi connectivity index (χ0v) is 76.3. The molecular formula is C76H110N8O22Zn4. The van der Waals surface area contributed by atoms with Crippen LogP contribution < -0.4 is 40.9 Å². The van der Waals surface area contributed by atoms with Crippen LogP contribution in [0.3, 0.4) is 0 Å². The Hall–Kier alpha value is -7.19. The summed E-state index contributed by atoms with van der Waals surface area (Å²) in [5, 5.41) is 152. The second-order valence-electron chi connectivity index (χ2n) is 20.3. The average molecular weight is 1750 g/mol. The summed E-state index contributed by atoms with van der Waals surface area (Å²) in [5.74, 6) is -2.82. The van der Waals surface area contributed by atoms with Gasteiger partial charge in [-0.1, -0.05) is 170 Å². The first-order chi connectivity index (χ1) is 49.4. The van der Waals surface area contributed by atoms with Crippen LogP contribution in [0, 0.1) is 0 Å². The molecule has 0 spiro atoms. The number of aliphatic hydroxyl groups excluding tert-OH is 8. The molecule has 0 saturated carbocycles. The number of aliphatic imine (C=N–C) groups is 4. The molecule has 0 aromatic heterocycles. The maximum Gasteiger partial charge on any atom is 2.00 e. The van der Waals surface area contributed by atoms with Crippen LogP contribution in [0.2, 0.25) is 0 Å². The molecule has 9 rings (SSSR count). The second kappa shape index (κ2) is 81.3. The topological polar surface area (TPSA) is 569 Å². The summed E-state index contributed by atoms with van der Waals surface area (Å²) in [7, 11) is 2.00. The second-order valence-corrected chi connectivity index (χ2v) is 20.3. The fourth-order valence-corrected chi connectivity index (χ4v) is 9.06. The van der Waals surface area contributed by atoms with E-state index >= 15 is 0 Å². The Morgan fingerprint density at radius 3 is 0.655 bits per heavy atom. The van der Waals surface area contributed by atoms with Gasteiger partial charge in [0, 0.05) is 131 Å². The van der Waals surface area contributed by atoms with Gasteiger partial charge in [-0.3, -0.25) is 39.6 Å². The van der Waals surface area contributed by atoms with Gasteiger partial charge in [0.25, 0.3) is 0 Å². The normalized spacial score (nSPS) is 12.8. The molecule has 110 heavy (non-hydrogen) atoms. The summed E-state index contributed by atoms with van der Waals surface area (Å²) in [4.78, 5) is 47.2. The van der Waals surface area contributed by atoms with Gasteiger partial charge in [0.05, 0.1) is 50.4 Å². The van der Waals surface area contributed by atoms with E-state index in [1.165, 1.54) is 24.3 Å². The van der Waals surface area contributed by atoms with Crippen molar-refractivity contribution in [2.24, 2.45) is 20.0 Å². The van der Waals surface area contributed by atoms with E-state index in [-0.39, 0.29) is 197 Å². The molecule has 2 saturated heterocycles. The molecule has 30 nitrogen and oxygen atoms in total. The smallest absolute Gasteiger partial charge is 0.872 e. The molecule has 2 heterocycles. The number of nitrogens with zero attached hydrogens (tertiary/aromatic N) is 8. The van der Waals surface area contributed by atoms with Crippen molar-refractivity contribution in [1.82, 2.24) is 19.6 Å². The molecule has 16 N–H and O–H groups in total. The molecule has 34 heteroatoms. The van der Waals surface area contributed by atoms with E-state index in [4.69, 9.17) is 40.9 Å². The van der Waals surface area contributed by atoms with E-state index in [0.29, 0.717) is 74.6 Å². The quantitative estimate of drug-likeness (QED) is 0.0298. The Balaban J connectivity index is -0.000000153. The Morgan fingerprint density at radius 1 is 0.327 bits per heavy atom. The molecule has 594 valence electrons. The van der Waals surface area contributed by atoms with Crippen molar-refractivity contribution in [2.75, 3.05) is 132 Å². The average Bonchev–Trinajstić information content (AvgIpc) is 1.66. The van der Waals surface area contributed by atoms with Gasteiger partial charge < -0.3 is 113 Å². The monoisotopic (exact) mass is 1740 g/mol. The Bertz CT molecular complexity index is 3050. The van der Waals surface area contributed by atoms with Crippen molar-refractivity contribution in [3.05, 3.63) is 214 Å². The van der Waals surface area contributed by atoms with E-state index in [9.17, 15) is 50.4 Å². The number of carboxylic acids is 2. The van der Waals surface area contributed by atoms with Crippen molar-refractivity contribution < 1.29 is 191 Å². The number of aromatic carboxylic acids is 2. The van der Waals surface area contributed by atoms with Crippen molar-refractivity contribution in [1.29, 1.82) is 0 Å². The van der Waals surface area contributed by atoms with E-state index in [1.54, 1.807) is 139 Å². The number of carboxylic acid groups (broad SMARTS) is 2. The third-order valence-electron chi connectivity index (χ3n) is 13.1. The third kappa shape index (κ3) is 52.1. The number of carbonyl (C=O) groups is 2. The molecular weight excluding hydrogens is 1640 g/mol. The summed E-state index contributed by atoms with van der Waals surface area (Å²) in [5.41, 5.74) is 3.66. The van der Waals surface area contributed by atoms with Gasteiger partial charge in [0.15, 0.2) is 0 Å². The summed E-state index contributed by atoms with van der Waals surface area (Å²) < 4.78 is 0. The van der Waals surface area contributed by atoms with Gasteiger partial charge in [-0.05, 0) is 86.1 Å². The van der Waals surface area contributed by atoms with Crippen molar-refractivity contribution in [3.63, 3.8) is 0 Å². The van der Waals surface area contributed by atoms with E-state index < -0.39 is 11.9 Å². The molecule has 2 aliphatic rings. The zero-order valence-electron chi connectivity index (χ0n) is 64.4. The SMILES string of the molecule is CCO.CCO.CCO.CCO.CCO.CCO.CO.CO.O.O.O.O.O=C([O-])c1ccc(C(=O)[O-])cc1.[O-]c1ccccc1C=NCCN1CCN(CCN=Cc2ccccc2[O-])C1c1ccccc1[O-].[O-]c1ccccc1C=NCCN1CCN(CCN=Cc2ccccc2[O-])C1c1ccccc1[O-].[Zn+2].[Zn+2].[Zn+2].[Zn+2]. The van der Waals surface area contributed by atoms with Gasteiger partial charge in [0.1, 0.15) is 0 Å². The first-order valence-corrected chi connectivity index (χ1v) is 33.0. The summed E-state index contributed by atoms with van der Waals surface area (Å²) in [6.07, 6.45) is 6.17. The molecule has 0 atom stereocenters. The summed E-state index contributed by atoms with van der Waals surface area (Å²) in [6, 6.07) is 46.1. The number of carbonyl (C=O) groups excluding carboxylic acids is 2. The van der Waals surface area contributed by atoms with Crippen LogP contribution in [0.5, 0.6) is 34.5 Å². The largest absolute Gasteiger partial charge is 2.00 e. The maximum atomic E-state index is 12.6. The first-order valence-electron chi connectivity index (χ1n) is 33.0. The minimum atomic E-state index is -1.33. The molecule has 7 aromatic rings. The predicted molar refractivity (Wildman–Crippen MR) is 399 cm³/mol. The maximum absolute atomic E-state index is 12.6.